The molecule has 1 aromatic heterocycles. The molecule has 5 N–H and O–H groups in total. The molecule has 1 fully saturated rings. The lowest BCUT2D eigenvalue weighted by Crippen LogP contribution is -2.35. The second-order valence-corrected chi connectivity index (χ2v) is 8.17. The zero-order chi connectivity index (χ0) is 22.1. The second-order valence-electron chi connectivity index (χ2n) is 8.17. The van der Waals surface area contributed by atoms with Gasteiger partial charge >= 0.3 is 0 Å². The summed E-state index contributed by atoms with van der Waals surface area (Å²) in [5.41, 5.74) is 11.5. The van der Waals surface area contributed by atoms with E-state index in [1.807, 2.05) is 66.7 Å². The molecule has 32 heavy (non-hydrogen) atoms. The molecular weight excluding hydrogens is 402 g/mol. The van der Waals surface area contributed by atoms with Gasteiger partial charge in [0.05, 0.1) is 17.3 Å². The topological polar surface area (TPSA) is 107 Å². The third-order valence-corrected chi connectivity index (χ3v) is 5.96. The van der Waals surface area contributed by atoms with Crippen LogP contribution in [0.2, 0.25) is 0 Å². The van der Waals surface area contributed by atoms with Gasteiger partial charge in [-0.1, -0.05) is 12.1 Å². The van der Waals surface area contributed by atoms with E-state index in [-0.39, 0.29) is 12.0 Å². The maximum Gasteiger partial charge on any atom is 0.255 e. The van der Waals surface area contributed by atoms with E-state index in [4.69, 9.17) is 5.73 Å². The Bertz CT molecular complexity index is 1240. The van der Waals surface area contributed by atoms with E-state index in [9.17, 15) is 9.90 Å². The standard InChI is InChI=1S/C25H25N5O2/c26-18-5-1-16(2-6-18)24-22-10-7-19(15-23(22)28-29-24)27-25(32)17-3-8-20(9-4-17)30-13-11-21(31)12-14-30/h1-10,15,21,31H,11-14,26H2,(H,27,32)(H,28,29). The third-order valence-electron chi connectivity index (χ3n) is 5.96. The Labute approximate surface area is 185 Å². The largest absolute Gasteiger partial charge is 0.399 e. The van der Waals surface area contributed by atoms with Crippen LogP contribution in [0.5, 0.6) is 0 Å². The van der Waals surface area contributed by atoms with Crippen molar-refractivity contribution in [3.63, 3.8) is 0 Å². The van der Waals surface area contributed by atoms with Crippen LogP contribution >= 0.6 is 0 Å². The lowest BCUT2D eigenvalue weighted by atomic mass is 10.1. The molecule has 162 valence electrons. The molecule has 3 aromatic carbocycles. The van der Waals surface area contributed by atoms with Gasteiger partial charge in [0, 0.05) is 46.7 Å². The minimum absolute atomic E-state index is 0.164. The number of amides is 1. The van der Waals surface area contributed by atoms with E-state index in [0.717, 1.165) is 53.8 Å². The number of aromatic amines is 1. The summed E-state index contributed by atoms with van der Waals surface area (Å²) in [6.07, 6.45) is 1.35. The number of aromatic nitrogens is 2. The number of aliphatic hydroxyl groups is 1. The van der Waals surface area contributed by atoms with Crippen molar-refractivity contribution >= 4 is 33.9 Å². The summed E-state index contributed by atoms with van der Waals surface area (Å²) in [5.74, 6) is -0.164. The van der Waals surface area contributed by atoms with E-state index >= 15 is 0 Å². The lowest BCUT2D eigenvalue weighted by molar-refractivity contribution is 0.102. The smallest absolute Gasteiger partial charge is 0.255 e. The molecular formula is C25H25N5O2. The fourth-order valence-corrected chi connectivity index (χ4v) is 4.11. The van der Waals surface area contributed by atoms with Crippen molar-refractivity contribution in [3.05, 3.63) is 72.3 Å². The molecule has 2 heterocycles. The summed E-state index contributed by atoms with van der Waals surface area (Å²) in [6, 6.07) is 20.9. The second kappa shape index (κ2) is 8.36. The van der Waals surface area contributed by atoms with Crippen molar-refractivity contribution in [2.45, 2.75) is 18.9 Å². The van der Waals surface area contributed by atoms with Gasteiger partial charge in [0.1, 0.15) is 0 Å². The van der Waals surface area contributed by atoms with E-state index in [1.165, 1.54) is 0 Å². The summed E-state index contributed by atoms with van der Waals surface area (Å²) in [7, 11) is 0. The van der Waals surface area contributed by atoms with Crippen molar-refractivity contribution in [1.82, 2.24) is 10.2 Å². The summed E-state index contributed by atoms with van der Waals surface area (Å²) >= 11 is 0. The number of rotatable bonds is 4. The first-order valence-electron chi connectivity index (χ1n) is 10.8. The van der Waals surface area contributed by atoms with Crippen LogP contribution in [0.4, 0.5) is 17.1 Å². The number of hydrogen-bond acceptors (Lipinski definition) is 5. The minimum Gasteiger partial charge on any atom is -0.399 e. The Hall–Kier alpha value is -3.84. The molecule has 7 nitrogen and oxygen atoms in total. The SMILES string of the molecule is Nc1ccc(-c2n[nH]c3cc(NC(=O)c4ccc(N5CCC(O)CC5)cc4)ccc23)cc1. The van der Waals surface area contributed by atoms with Gasteiger partial charge in [-0.2, -0.15) is 5.10 Å². The Morgan fingerprint density at radius 3 is 2.47 bits per heavy atom. The first kappa shape index (κ1) is 20.1. The first-order valence-corrected chi connectivity index (χ1v) is 10.8. The summed E-state index contributed by atoms with van der Waals surface area (Å²) in [5, 5.41) is 21.1. The van der Waals surface area contributed by atoms with Gasteiger partial charge < -0.3 is 21.1 Å². The predicted molar refractivity (Wildman–Crippen MR) is 128 cm³/mol. The zero-order valence-corrected chi connectivity index (χ0v) is 17.6. The molecule has 4 aromatic rings. The number of piperidine rings is 1. The zero-order valence-electron chi connectivity index (χ0n) is 17.6. The van der Waals surface area contributed by atoms with Gasteiger partial charge in [0.2, 0.25) is 0 Å². The fourth-order valence-electron chi connectivity index (χ4n) is 4.11. The summed E-state index contributed by atoms with van der Waals surface area (Å²) < 4.78 is 0. The van der Waals surface area contributed by atoms with Crippen LogP contribution in [0, 0.1) is 0 Å². The first-order chi connectivity index (χ1) is 15.6. The molecule has 0 unspecified atom stereocenters. The molecule has 0 spiro atoms. The predicted octanol–water partition coefficient (Wildman–Crippen LogP) is 4.03. The molecule has 1 aliphatic rings. The summed E-state index contributed by atoms with van der Waals surface area (Å²) in [4.78, 5) is 15.0. The molecule has 5 rings (SSSR count). The Kier molecular flexibility index (Phi) is 5.25. The van der Waals surface area contributed by atoms with Crippen LogP contribution in [0.25, 0.3) is 22.2 Å². The highest BCUT2D eigenvalue weighted by molar-refractivity contribution is 6.05. The van der Waals surface area contributed by atoms with E-state index in [1.54, 1.807) is 0 Å². The number of anilines is 3. The van der Waals surface area contributed by atoms with E-state index in [0.29, 0.717) is 16.9 Å². The van der Waals surface area contributed by atoms with Gasteiger partial charge in [-0.05, 0) is 67.4 Å². The number of hydrogen-bond donors (Lipinski definition) is 4. The van der Waals surface area contributed by atoms with Crippen LogP contribution in [0.1, 0.15) is 23.2 Å². The number of benzene rings is 3. The molecule has 1 amide bonds. The van der Waals surface area contributed by atoms with Crippen molar-refractivity contribution in [2.24, 2.45) is 0 Å². The van der Waals surface area contributed by atoms with Gasteiger partial charge in [0.25, 0.3) is 5.91 Å². The maximum absolute atomic E-state index is 12.7. The molecule has 0 atom stereocenters. The summed E-state index contributed by atoms with van der Waals surface area (Å²) in [6.45, 7) is 1.66. The Balaban J connectivity index is 1.30. The van der Waals surface area contributed by atoms with Crippen LogP contribution in [0.3, 0.4) is 0 Å². The molecule has 0 radical (unpaired) electrons. The van der Waals surface area contributed by atoms with Crippen molar-refractivity contribution in [3.8, 4) is 11.3 Å². The number of nitrogens with one attached hydrogen (secondary N) is 2. The number of nitrogens with zero attached hydrogens (tertiary/aromatic N) is 2. The number of fused-ring (bicyclic) bond motifs is 1. The molecule has 0 bridgehead atoms. The van der Waals surface area contributed by atoms with Crippen LogP contribution < -0.4 is 16.0 Å². The number of carbonyl (C=O) groups is 1. The number of aliphatic hydroxyl groups excluding tert-OH is 1. The maximum atomic E-state index is 12.7. The Morgan fingerprint density at radius 1 is 1.03 bits per heavy atom. The third kappa shape index (κ3) is 4.02. The molecule has 1 saturated heterocycles. The number of carbonyl (C=O) groups excluding carboxylic acids is 1. The van der Waals surface area contributed by atoms with Crippen LogP contribution in [-0.4, -0.2) is 40.4 Å². The number of H-pyrrole nitrogens is 1. The van der Waals surface area contributed by atoms with Gasteiger partial charge in [-0.3, -0.25) is 9.89 Å². The van der Waals surface area contributed by atoms with Crippen LogP contribution in [-0.2, 0) is 0 Å². The van der Waals surface area contributed by atoms with Gasteiger partial charge in [-0.25, -0.2) is 0 Å². The van der Waals surface area contributed by atoms with Crippen molar-refractivity contribution in [2.75, 3.05) is 29.0 Å². The average molecular weight is 428 g/mol. The Morgan fingerprint density at radius 2 is 1.75 bits per heavy atom. The monoisotopic (exact) mass is 427 g/mol. The average Bonchev–Trinajstić information content (AvgIpc) is 3.23. The number of nitrogen functional groups attached to an aromatic ring is 1. The highest BCUT2D eigenvalue weighted by atomic mass is 16.3. The molecule has 0 saturated carbocycles. The normalized spacial score (nSPS) is 14.6. The van der Waals surface area contributed by atoms with Crippen LogP contribution in [0.15, 0.2) is 66.7 Å². The van der Waals surface area contributed by atoms with E-state index in [2.05, 4.69) is 20.4 Å². The molecule has 7 heteroatoms. The highest BCUT2D eigenvalue weighted by Gasteiger charge is 2.17. The van der Waals surface area contributed by atoms with E-state index < -0.39 is 0 Å². The van der Waals surface area contributed by atoms with Crippen molar-refractivity contribution in [1.29, 1.82) is 0 Å². The van der Waals surface area contributed by atoms with Crippen molar-refractivity contribution < 1.29 is 9.90 Å². The highest BCUT2D eigenvalue weighted by Crippen LogP contribution is 2.29. The minimum atomic E-state index is -0.203. The van der Waals surface area contributed by atoms with Gasteiger partial charge in [-0.15, -0.1) is 0 Å². The molecule has 1 aliphatic heterocycles. The number of nitrogens with two attached hydrogens (primary N) is 1. The lowest BCUT2D eigenvalue weighted by Gasteiger charge is -2.31. The van der Waals surface area contributed by atoms with Gasteiger partial charge in [0.15, 0.2) is 0 Å². The molecule has 0 aliphatic carbocycles. The fraction of sp³-hybridized carbons (Fsp3) is 0.200. The quantitative estimate of drug-likeness (QED) is 0.368.